The van der Waals surface area contributed by atoms with Crippen LogP contribution in [0.15, 0.2) is 0 Å². The SMILES string of the molecule is CN1CCC(N)(C2CCCCC2)CC1. The van der Waals surface area contributed by atoms with E-state index in [0.717, 1.165) is 5.92 Å². The lowest BCUT2D eigenvalue weighted by Gasteiger charge is -2.44. The molecule has 0 aromatic heterocycles. The molecule has 1 saturated carbocycles. The lowest BCUT2D eigenvalue weighted by atomic mass is 9.70. The molecule has 82 valence electrons. The number of hydrogen-bond acceptors (Lipinski definition) is 2. The average molecular weight is 196 g/mol. The first-order chi connectivity index (χ1) is 6.71. The summed E-state index contributed by atoms with van der Waals surface area (Å²) in [7, 11) is 2.21. The Hall–Kier alpha value is -0.0800. The van der Waals surface area contributed by atoms with Crippen molar-refractivity contribution in [2.24, 2.45) is 11.7 Å². The van der Waals surface area contributed by atoms with Gasteiger partial charge in [-0.25, -0.2) is 0 Å². The summed E-state index contributed by atoms with van der Waals surface area (Å²) in [6.07, 6.45) is 9.48. The van der Waals surface area contributed by atoms with Crippen LogP contribution in [0.4, 0.5) is 0 Å². The Morgan fingerprint density at radius 3 is 2.21 bits per heavy atom. The molecule has 2 heteroatoms. The molecule has 0 aromatic carbocycles. The molecule has 2 aliphatic rings. The van der Waals surface area contributed by atoms with E-state index in [-0.39, 0.29) is 5.54 Å². The van der Waals surface area contributed by atoms with Gasteiger partial charge in [0.05, 0.1) is 0 Å². The maximum absolute atomic E-state index is 6.57. The fourth-order valence-corrected chi connectivity index (χ4v) is 3.12. The van der Waals surface area contributed by atoms with Crippen molar-refractivity contribution >= 4 is 0 Å². The van der Waals surface area contributed by atoms with E-state index >= 15 is 0 Å². The summed E-state index contributed by atoms with van der Waals surface area (Å²) in [5.74, 6) is 0.824. The van der Waals surface area contributed by atoms with E-state index < -0.39 is 0 Å². The lowest BCUT2D eigenvalue weighted by Crippen LogP contribution is -2.54. The lowest BCUT2D eigenvalue weighted by molar-refractivity contribution is 0.112. The summed E-state index contributed by atoms with van der Waals surface area (Å²) in [6.45, 7) is 2.40. The van der Waals surface area contributed by atoms with Crippen LogP contribution in [-0.4, -0.2) is 30.6 Å². The van der Waals surface area contributed by atoms with Crippen molar-refractivity contribution in [3.8, 4) is 0 Å². The molecule has 0 unspecified atom stereocenters. The van der Waals surface area contributed by atoms with E-state index in [2.05, 4.69) is 11.9 Å². The maximum atomic E-state index is 6.57. The second-order valence-corrected chi connectivity index (χ2v) is 5.37. The zero-order chi connectivity index (χ0) is 10.0. The van der Waals surface area contributed by atoms with Crippen molar-refractivity contribution in [3.63, 3.8) is 0 Å². The molecule has 0 radical (unpaired) electrons. The van der Waals surface area contributed by atoms with E-state index in [1.54, 1.807) is 0 Å². The predicted octanol–water partition coefficient (Wildman–Crippen LogP) is 1.99. The third kappa shape index (κ3) is 2.12. The van der Waals surface area contributed by atoms with Crippen molar-refractivity contribution in [2.75, 3.05) is 20.1 Å². The van der Waals surface area contributed by atoms with Gasteiger partial charge < -0.3 is 10.6 Å². The first-order valence-corrected chi connectivity index (χ1v) is 6.18. The third-order valence-electron chi connectivity index (χ3n) is 4.34. The van der Waals surface area contributed by atoms with Gasteiger partial charge in [-0.3, -0.25) is 0 Å². The molecular formula is C12H24N2. The highest BCUT2D eigenvalue weighted by Crippen LogP contribution is 2.36. The van der Waals surface area contributed by atoms with Gasteiger partial charge in [0.1, 0.15) is 0 Å². The van der Waals surface area contributed by atoms with Gasteiger partial charge in [-0.15, -0.1) is 0 Å². The zero-order valence-electron chi connectivity index (χ0n) is 9.47. The van der Waals surface area contributed by atoms with Gasteiger partial charge in [0.25, 0.3) is 0 Å². The number of piperidine rings is 1. The minimum absolute atomic E-state index is 0.187. The molecule has 2 nitrogen and oxygen atoms in total. The number of hydrogen-bond donors (Lipinski definition) is 1. The zero-order valence-corrected chi connectivity index (χ0v) is 9.47. The molecule has 0 spiro atoms. The molecule has 1 aliphatic heterocycles. The van der Waals surface area contributed by atoms with Gasteiger partial charge in [-0.2, -0.15) is 0 Å². The third-order valence-corrected chi connectivity index (χ3v) is 4.34. The minimum atomic E-state index is 0.187. The van der Waals surface area contributed by atoms with Gasteiger partial charge in [-0.1, -0.05) is 19.3 Å². The van der Waals surface area contributed by atoms with Crippen molar-refractivity contribution in [1.29, 1.82) is 0 Å². The van der Waals surface area contributed by atoms with Crippen LogP contribution >= 0.6 is 0 Å². The Bertz CT molecular complexity index is 177. The first kappa shape index (κ1) is 10.4. The number of nitrogens with two attached hydrogens (primary N) is 1. The highest BCUT2D eigenvalue weighted by Gasteiger charge is 2.37. The first-order valence-electron chi connectivity index (χ1n) is 6.18. The Labute approximate surface area is 87.8 Å². The van der Waals surface area contributed by atoms with E-state index in [1.807, 2.05) is 0 Å². The molecule has 2 fully saturated rings. The summed E-state index contributed by atoms with van der Waals surface area (Å²) in [5.41, 5.74) is 6.76. The minimum Gasteiger partial charge on any atom is -0.325 e. The van der Waals surface area contributed by atoms with Gasteiger partial charge >= 0.3 is 0 Å². The Morgan fingerprint density at radius 2 is 1.64 bits per heavy atom. The van der Waals surface area contributed by atoms with Crippen molar-refractivity contribution in [3.05, 3.63) is 0 Å². The summed E-state index contributed by atoms with van der Waals surface area (Å²) in [6, 6.07) is 0. The molecule has 0 bridgehead atoms. The van der Waals surface area contributed by atoms with Gasteiger partial charge in [0.15, 0.2) is 0 Å². The Balaban J connectivity index is 1.93. The van der Waals surface area contributed by atoms with Crippen LogP contribution in [0.1, 0.15) is 44.9 Å². The van der Waals surface area contributed by atoms with Crippen LogP contribution in [0.25, 0.3) is 0 Å². The number of rotatable bonds is 1. The Kier molecular flexibility index (Phi) is 3.13. The van der Waals surface area contributed by atoms with Crippen molar-refractivity contribution in [2.45, 2.75) is 50.5 Å². The molecule has 0 amide bonds. The average Bonchev–Trinajstić information content (AvgIpc) is 2.24. The quantitative estimate of drug-likeness (QED) is 0.695. The van der Waals surface area contributed by atoms with Crippen LogP contribution in [0.2, 0.25) is 0 Å². The molecule has 2 N–H and O–H groups in total. The largest absolute Gasteiger partial charge is 0.325 e. The van der Waals surface area contributed by atoms with Crippen LogP contribution < -0.4 is 5.73 Å². The molecule has 1 saturated heterocycles. The molecule has 1 heterocycles. The van der Waals surface area contributed by atoms with Crippen molar-refractivity contribution < 1.29 is 0 Å². The highest BCUT2D eigenvalue weighted by molar-refractivity contribution is 4.96. The van der Waals surface area contributed by atoms with E-state index in [4.69, 9.17) is 5.73 Å². The van der Waals surface area contributed by atoms with Gasteiger partial charge in [0.2, 0.25) is 0 Å². The molecule has 0 aromatic rings. The van der Waals surface area contributed by atoms with E-state index in [9.17, 15) is 0 Å². The highest BCUT2D eigenvalue weighted by atomic mass is 15.1. The summed E-state index contributed by atoms with van der Waals surface area (Å²) < 4.78 is 0. The van der Waals surface area contributed by atoms with Gasteiger partial charge in [-0.05, 0) is 51.7 Å². The molecule has 2 rings (SSSR count). The van der Waals surface area contributed by atoms with Gasteiger partial charge in [0, 0.05) is 5.54 Å². The van der Waals surface area contributed by atoms with E-state index in [0.29, 0.717) is 0 Å². The summed E-state index contributed by atoms with van der Waals surface area (Å²) >= 11 is 0. The second kappa shape index (κ2) is 4.19. The Morgan fingerprint density at radius 1 is 1.07 bits per heavy atom. The number of nitrogens with zero attached hydrogens (tertiary/aromatic N) is 1. The smallest absolute Gasteiger partial charge is 0.0207 e. The monoisotopic (exact) mass is 196 g/mol. The van der Waals surface area contributed by atoms with Crippen molar-refractivity contribution in [1.82, 2.24) is 4.90 Å². The van der Waals surface area contributed by atoms with Crippen LogP contribution in [0.3, 0.4) is 0 Å². The fraction of sp³-hybridized carbons (Fsp3) is 1.00. The van der Waals surface area contributed by atoms with Crippen LogP contribution in [0, 0.1) is 5.92 Å². The van der Waals surface area contributed by atoms with E-state index in [1.165, 1.54) is 58.0 Å². The molecule has 1 aliphatic carbocycles. The normalized spacial score (nSPS) is 30.4. The summed E-state index contributed by atoms with van der Waals surface area (Å²) in [4.78, 5) is 2.41. The molecule has 0 atom stereocenters. The topological polar surface area (TPSA) is 29.3 Å². The number of likely N-dealkylation sites (tertiary alicyclic amines) is 1. The standard InChI is InChI=1S/C12H24N2/c1-14-9-7-12(13,8-10-14)11-5-3-2-4-6-11/h11H,2-10,13H2,1H3. The maximum Gasteiger partial charge on any atom is 0.0207 e. The summed E-state index contributed by atoms with van der Waals surface area (Å²) in [5, 5.41) is 0. The second-order valence-electron chi connectivity index (χ2n) is 5.37. The molecule has 14 heavy (non-hydrogen) atoms. The fourth-order valence-electron chi connectivity index (χ4n) is 3.12. The predicted molar refractivity (Wildman–Crippen MR) is 60.2 cm³/mol. The molecular weight excluding hydrogens is 172 g/mol. The van der Waals surface area contributed by atoms with Crippen LogP contribution in [-0.2, 0) is 0 Å². The van der Waals surface area contributed by atoms with Crippen LogP contribution in [0.5, 0.6) is 0 Å².